The number of benzene rings is 1. The largest absolute Gasteiger partial charge is 0.507 e. The molecule has 0 saturated carbocycles. The van der Waals surface area contributed by atoms with Gasteiger partial charge in [-0.15, -0.1) is 0 Å². The molecule has 14 heavy (non-hydrogen) atoms. The number of para-hydroxylation sites is 1. The summed E-state index contributed by atoms with van der Waals surface area (Å²) in [7, 11) is 0. The van der Waals surface area contributed by atoms with Crippen LogP contribution in [0.25, 0.3) is 0 Å². The molecule has 0 fully saturated rings. The second kappa shape index (κ2) is 4.37. The SMILES string of the molecule is C=C(C=O)Cc1cccc(C=O)c1O. The molecule has 0 aromatic heterocycles. The topological polar surface area (TPSA) is 54.4 Å². The van der Waals surface area contributed by atoms with Gasteiger partial charge in [0.05, 0.1) is 5.56 Å². The molecule has 0 aliphatic rings. The highest BCUT2D eigenvalue weighted by molar-refractivity contribution is 5.80. The minimum Gasteiger partial charge on any atom is -0.507 e. The van der Waals surface area contributed by atoms with Crippen LogP contribution in [0.1, 0.15) is 15.9 Å². The quantitative estimate of drug-likeness (QED) is 0.578. The predicted molar refractivity (Wildman–Crippen MR) is 52.4 cm³/mol. The van der Waals surface area contributed by atoms with Crippen molar-refractivity contribution in [2.24, 2.45) is 0 Å². The van der Waals surface area contributed by atoms with Crippen molar-refractivity contribution in [3.05, 3.63) is 41.5 Å². The molecule has 0 saturated heterocycles. The van der Waals surface area contributed by atoms with Gasteiger partial charge in [0.25, 0.3) is 0 Å². The van der Waals surface area contributed by atoms with E-state index in [9.17, 15) is 14.7 Å². The number of hydrogen-bond acceptors (Lipinski definition) is 3. The Morgan fingerprint density at radius 1 is 1.43 bits per heavy atom. The number of rotatable bonds is 4. The van der Waals surface area contributed by atoms with Crippen LogP contribution in [-0.4, -0.2) is 17.7 Å². The van der Waals surface area contributed by atoms with Crippen LogP contribution in [-0.2, 0) is 11.2 Å². The molecule has 0 aliphatic carbocycles. The third kappa shape index (κ3) is 2.07. The molecule has 0 atom stereocenters. The Labute approximate surface area is 81.7 Å². The molecule has 0 radical (unpaired) electrons. The Hall–Kier alpha value is -1.90. The van der Waals surface area contributed by atoms with Crippen molar-refractivity contribution in [2.45, 2.75) is 6.42 Å². The van der Waals surface area contributed by atoms with E-state index in [0.717, 1.165) is 0 Å². The number of aromatic hydroxyl groups is 1. The second-order valence-electron chi connectivity index (χ2n) is 2.93. The number of carbonyl (C=O) groups is 2. The third-order valence-electron chi connectivity index (χ3n) is 1.86. The molecule has 0 bridgehead atoms. The Bertz CT molecular complexity index is 380. The fraction of sp³-hybridized carbons (Fsp3) is 0.0909. The molecular formula is C11H10O3. The lowest BCUT2D eigenvalue weighted by Gasteiger charge is -2.04. The molecule has 0 spiro atoms. The summed E-state index contributed by atoms with van der Waals surface area (Å²) >= 11 is 0. The van der Waals surface area contributed by atoms with Crippen molar-refractivity contribution in [3.63, 3.8) is 0 Å². The van der Waals surface area contributed by atoms with Crippen molar-refractivity contribution in [2.75, 3.05) is 0 Å². The molecule has 72 valence electrons. The summed E-state index contributed by atoms with van der Waals surface area (Å²) < 4.78 is 0. The van der Waals surface area contributed by atoms with Crippen LogP contribution >= 0.6 is 0 Å². The van der Waals surface area contributed by atoms with Crippen LogP contribution in [0.5, 0.6) is 5.75 Å². The summed E-state index contributed by atoms with van der Waals surface area (Å²) in [6, 6.07) is 4.81. The molecule has 0 unspecified atom stereocenters. The first-order valence-corrected chi connectivity index (χ1v) is 4.08. The fourth-order valence-electron chi connectivity index (χ4n) is 1.14. The van der Waals surface area contributed by atoms with Gasteiger partial charge in [-0.05, 0) is 17.2 Å². The van der Waals surface area contributed by atoms with Crippen LogP contribution in [0, 0.1) is 0 Å². The van der Waals surface area contributed by atoms with Gasteiger partial charge in [0.15, 0.2) is 6.29 Å². The molecule has 1 rings (SSSR count). The Balaban J connectivity index is 3.03. The first kappa shape index (κ1) is 10.2. The highest BCUT2D eigenvalue weighted by atomic mass is 16.3. The van der Waals surface area contributed by atoms with E-state index in [1.54, 1.807) is 12.1 Å². The zero-order chi connectivity index (χ0) is 10.6. The van der Waals surface area contributed by atoms with Crippen LogP contribution in [0.3, 0.4) is 0 Å². The number of aldehydes is 2. The summed E-state index contributed by atoms with van der Waals surface area (Å²) in [5.74, 6) is -0.0782. The smallest absolute Gasteiger partial charge is 0.153 e. The minimum atomic E-state index is -0.0782. The molecule has 1 N–H and O–H groups in total. The zero-order valence-corrected chi connectivity index (χ0v) is 7.56. The standard InChI is InChI=1S/C11H10O3/c1-8(6-12)5-9-3-2-4-10(7-13)11(9)14/h2-4,6-7,14H,1,5H2. The number of allylic oxidation sites excluding steroid dienone is 1. The molecule has 0 heterocycles. The van der Waals surface area contributed by atoms with E-state index in [0.29, 0.717) is 23.7 Å². The van der Waals surface area contributed by atoms with E-state index in [2.05, 4.69) is 6.58 Å². The van der Waals surface area contributed by atoms with E-state index in [1.165, 1.54) is 6.07 Å². The van der Waals surface area contributed by atoms with Gasteiger partial charge in [-0.25, -0.2) is 0 Å². The summed E-state index contributed by atoms with van der Waals surface area (Å²) in [5, 5.41) is 9.54. The summed E-state index contributed by atoms with van der Waals surface area (Å²) in [6.07, 6.45) is 1.46. The minimum absolute atomic E-state index is 0.0782. The maximum atomic E-state index is 10.5. The highest BCUT2D eigenvalue weighted by Crippen LogP contribution is 2.22. The first-order valence-electron chi connectivity index (χ1n) is 4.08. The lowest BCUT2D eigenvalue weighted by atomic mass is 10.0. The lowest BCUT2D eigenvalue weighted by Crippen LogP contribution is -1.93. The Morgan fingerprint density at radius 3 is 2.71 bits per heavy atom. The Kier molecular flexibility index (Phi) is 3.18. The van der Waals surface area contributed by atoms with Gasteiger partial charge in [-0.2, -0.15) is 0 Å². The summed E-state index contributed by atoms with van der Waals surface area (Å²) in [6.45, 7) is 3.50. The van der Waals surface area contributed by atoms with Crippen molar-refractivity contribution >= 4 is 12.6 Å². The first-order chi connectivity index (χ1) is 6.69. The van der Waals surface area contributed by atoms with E-state index in [-0.39, 0.29) is 17.7 Å². The maximum Gasteiger partial charge on any atom is 0.153 e. The molecule has 0 amide bonds. The van der Waals surface area contributed by atoms with Crippen molar-refractivity contribution in [3.8, 4) is 5.75 Å². The number of hydrogen-bond donors (Lipinski definition) is 1. The maximum absolute atomic E-state index is 10.5. The predicted octanol–water partition coefficient (Wildman–Crippen LogP) is 1.50. The van der Waals surface area contributed by atoms with Crippen LogP contribution in [0.4, 0.5) is 0 Å². The number of carbonyl (C=O) groups excluding carboxylic acids is 2. The second-order valence-corrected chi connectivity index (χ2v) is 2.93. The van der Waals surface area contributed by atoms with Gasteiger partial charge >= 0.3 is 0 Å². The molecule has 3 heteroatoms. The molecule has 1 aromatic rings. The molecular weight excluding hydrogens is 180 g/mol. The summed E-state index contributed by atoms with van der Waals surface area (Å²) in [5.41, 5.74) is 1.12. The van der Waals surface area contributed by atoms with Gasteiger partial charge in [-0.3, -0.25) is 9.59 Å². The van der Waals surface area contributed by atoms with Crippen molar-refractivity contribution in [1.29, 1.82) is 0 Å². The molecule has 0 aliphatic heterocycles. The van der Waals surface area contributed by atoms with Gasteiger partial charge in [-0.1, -0.05) is 18.7 Å². The van der Waals surface area contributed by atoms with Gasteiger partial charge in [0.1, 0.15) is 12.0 Å². The molecule has 1 aromatic carbocycles. The Morgan fingerprint density at radius 2 is 2.14 bits per heavy atom. The van der Waals surface area contributed by atoms with E-state index in [1.807, 2.05) is 0 Å². The average molecular weight is 190 g/mol. The summed E-state index contributed by atoms with van der Waals surface area (Å²) in [4.78, 5) is 20.8. The van der Waals surface area contributed by atoms with E-state index in [4.69, 9.17) is 0 Å². The van der Waals surface area contributed by atoms with Crippen LogP contribution in [0.15, 0.2) is 30.4 Å². The van der Waals surface area contributed by atoms with Gasteiger partial charge in [0.2, 0.25) is 0 Å². The van der Waals surface area contributed by atoms with Crippen molar-refractivity contribution < 1.29 is 14.7 Å². The normalized spacial score (nSPS) is 9.43. The average Bonchev–Trinajstić information content (AvgIpc) is 2.21. The lowest BCUT2D eigenvalue weighted by molar-refractivity contribution is -0.104. The van der Waals surface area contributed by atoms with Crippen LogP contribution < -0.4 is 0 Å². The fourth-order valence-corrected chi connectivity index (χ4v) is 1.14. The highest BCUT2D eigenvalue weighted by Gasteiger charge is 2.06. The number of phenols is 1. The number of phenolic OH excluding ortho intramolecular Hbond substituents is 1. The third-order valence-corrected chi connectivity index (χ3v) is 1.86. The van der Waals surface area contributed by atoms with Crippen LogP contribution in [0.2, 0.25) is 0 Å². The van der Waals surface area contributed by atoms with Gasteiger partial charge < -0.3 is 5.11 Å². The van der Waals surface area contributed by atoms with E-state index < -0.39 is 0 Å². The zero-order valence-electron chi connectivity index (χ0n) is 7.56. The monoisotopic (exact) mass is 190 g/mol. The van der Waals surface area contributed by atoms with Gasteiger partial charge in [0, 0.05) is 6.42 Å². The van der Waals surface area contributed by atoms with Crippen molar-refractivity contribution in [1.82, 2.24) is 0 Å². The molecule has 3 nitrogen and oxygen atoms in total. The van der Waals surface area contributed by atoms with E-state index >= 15 is 0 Å².